The highest BCUT2D eigenvalue weighted by molar-refractivity contribution is 6.31. The third-order valence-corrected chi connectivity index (χ3v) is 3.11. The number of carboxylic acid groups (broad SMARTS) is 1. The van der Waals surface area contributed by atoms with Crippen LogP contribution in [0.25, 0.3) is 0 Å². The number of rotatable bonds is 4. The lowest BCUT2D eigenvalue weighted by atomic mass is 9.80. The fourth-order valence-corrected chi connectivity index (χ4v) is 2.33. The van der Waals surface area contributed by atoms with Gasteiger partial charge in [-0.05, 0) is 18.6 Å². The molecule has 1 aromatic carbocycles. The second kappa shape index (κ2) is 5.14. The van der Waals surface area contributed by atoms with Crippen LogP contribution in [0.1, 0.15) is 31.4 Å². The van der Waals surface area contributed by atoms with Gasteiger partial charge >= 0.3 is 5.97 Å². The molecule has 0 radical (unpaired) electrons. The molecule has 1 aromatic rings. The smallest absolute Gasteiger partial charge is 0.304 e. The van der Waals surface area contributed by atoms with Gasteiger partial charge in [0.15, 0.2) is 0 Å². The van der Waals surface area contributed by atoms with E-state index in [2.05, 4.69) is 0 Å². The van der Waals surface area contributed by atoms with Crippen LogP contribution in [0.15, 0.2) is 6.07 Å². The van der Waals surface area contributed by atoms with Crippen LogP contribution in [-0.2, 0) is 10.2 Å². The van der Waals surface area contributed by atoms with Crippen molar-refractivity contribution < 1.29 is 19.0 Å². The van der Waals surface area contributed by atoms with Crippen LogP contribution in [-0.4, -0.2) is 18.2 Å². The van der Waals surface area contributed by atoms with Gasteiger partial charge in [-0.15, -0.1) is 0 Å². The van der Waals surface area contributed by atoms with E-state index in [-0.39, 0.29) is 17.0 Å². The van der Waals surface area contributed by atoms with Gasteiger partial charge in [-0.2, -0.15) is 0 Å². The quantitative estimate of drug-likeness (QED) is 0.913. The molecule has 0 unspecified atom stereocenters. The molecule has 1 rings (SSSR count). The van der Waals surface area contributed by atoms with Gasteiger partial charge in [-0.1, -0.05) is 25.4 Å². The van der Waals surface area contributed by atoms with Crippen molar-refractivity contribution in [3.63, 3.8) is 0 Å². The number of aryl methyl sites for hydroxylation is 1. The van der Waals surface area contributed by atoms with E-state index in [9.17, 15) is 9.18 Å². The van der Waals surface area contributed by atoms with Crippen molar-refractivity contribution >= 4 is 17.6 Å². The first-order valence-corrected chi connectivity index (χ1v) is 5.83. The molecule has 0 fully saturated rings. The Bertz CT molecular complexity index is 484. The van der Waals surface area contributed by atoms with E-state index >= 15 is 0 Å². The molecule has 5 heteroatoms. The summed E-state index contributed by atoms with van der Waals surface area (Å²) in [5.74, 6) is -1.27. The Labute approximate surface area is 111 Å². The van der Waals surface area contributed by atoms with Gasteiger partial charge in [-0.3, -0.25) is 4.79 Å². The van der Waals surface area contributed by atoms with Crippen molar-refractivity contribution in [3.05, 3.63) is 28.0 Å². The highest BCUT2D eigenvalue weighted by atomic mass is 35.5. The second-order valence-corrected chi connectivity index (χ2v) is 5.26. The molecule has 0 bridgehead atoms. The number of carbonyl (C=O) groups is 1. The molecule has 0 amide bonds. The van der Waals surface area contributed by atoms with Crippen molar-refractivity contribution in [1.29, 1.82) is 0 Å². The highest BCUT2D eigenvalue weighted by Gasteiger charge is 2.32. The molecule has 18 heavy (non-hydrogen) atoms. The Balaban J connectivity index is 3.51. The minimum atomic E-state index is -1.00. The Hall–Kier alpha value is -1.29. The summed E-state index contributed by atoms with van der Waals surface area (Å²) >= 11 is 5.81. The van der Waals surface area contributed by atoms with Gasteiger partial charge in [0.05, 0.1) is 18.6 Å². The predicted molar refractivity (Wildman–Crippen MR) is 68.0 cm³/mol. The molecule has 100 valence electrons. The molecule has 0 saturated heterocycles. The largest absolute Gasteiger partial charge is 0.496 e. The van der Waals surface area contributed by atoms with Gasteiger partial charge < -0.3 is 9.84 Å². The normalized spacial score (nSPS) is 11.4. The maximum atomic E-state index is 14.2. The Morgan fingerprint density at radius 3 is 2.56 bits per heavy atom. The highest BCUT2D eigenvalue weighted by Crippen LogP contribution is 2.41. The van der Waals surface area contributed by atoms with E-state index in [4.69, 9.17) is 21.4 Å². The predicted octanol–water partition coefficient (Wildman–Crippen LogP) is 3.55. The summed E-state index contributed by atoms with van der Waals surface area (Å²) in [4.78, 5) is 10.9. The summed E-state index contributed by atoms with van der Waals surface area (Å²) in [5, 5.41) is 8.88. The number of benzene rings is 1. The summed E-state index contributed by atoms with van der Waals surface area (Å²) in [7, 11) is 1.43. The van der Waals surface area contributed by atoms with Crippen LogP contribution >= 0.6 is 11.6 Å². The maximum Gasteiger partial charge on any atom is 0.304 e. The van der Waals surface area contributed by atoms with Crippen LogP contribution in [0.5, 0.6) is 5.75 Å². The zero-order valence-corrected chi connectivity index (χ0v) is 11.6. The first kappa shape index (κ1) is 14.8. The monoisotopic (exact) mass is 274 g/mol. The molecule has 0 heterocycles. The molecule has 0 aromatic heterocycles. The van der Waals surface area contributed by atoms with Crippen molar-refractivity contribution in [2.75, 3.05) is 7.11 Å². The van der Waals surface area contributed by atoms with E-state index in [1.807, 2.05) is 0 Å². The number of hydrogen-bond acceptors (Lipinski definition) is 2. The average Bonchev–Trinajstić information content (AvgIpc) is 2.20. The maximum absolute atomic E-state index is 14.2. The fraction of sp³-hybridized carbons (Fsp3) is 0.462. The third-order valence-electron chi connectivity index (χ3n) is 2.83. The van der Waals surface area contributed by atoms with Gasteiger partial charge in [-0.25, -0.2) is 4.39 Å². The summed E-state index contributed by atoms with van der Waals surface area (Å²) in [6.45, 7) is 5.04. The van der Waals surface area contributed by atoms with E-state index in [1.165, 1.54) is 13.2 Å². The molecule has 0 spiro atoms. The van der Waals surface area contributed by atoms with Crippen LogP contribution in [0, 0.1) is 12.7 Å². The number of methoxy groups -OCH3 is 1. The zero-order chi connectivity index (χ0) is 14.1. The molecule has 0 aliphatic rings. The number of aliphatic carboxylic acids is 1. The Morgan fingerprint density at radius 1 is 1.56 bits per heavy atom. The standard InChI is InChI=1S/C13H16ClFO3/c1-7-5-8(14)11(15)10(12(7)18-4)13(2,3)6-9(16)17/h5H,6H2,1-4H3,(H,16,17). The number of hydrogen-bond donors (Lipinski definition) is 1. The number of carboxylic acids is 1. The Morgan fingerprint density at radius 2 is 2.11 bits per heavy atom. The first-order valence-electron chi connectivity index (χ1n) is 5.45. The van der Waals surface area contributed by atoms with Crippen molar-refractivity contribution in [1.82, 2.24) is 0 Å². The van der Waals surface area contributed by atoms with Gasteiger partial charge in [0.1, 0.15) is 11.6 Å². The van der Waals surface area contributed by atoms with Crippen LogP contribution in [0.2, 0.25) is 5.02 Å². The lowest BCUT2D eigenvalue weighted by molar-refractivity contribution is -0.138. The second-order valence-electron chi connectivity index (χ2n) is 4.85. The molecular formula is C13H16ClFO3. The summed E-state index contributed by atoms with van der Waals surface area (Å²) in [5.41, 5.74) is -0.0218. The average molecular weight is 275 g/mol. The molecule has 0 aliphatic heterocycles. The van der Waals surface area contributed by atoms with E-state index < -0.39 is 17.2 Å². The van der Waals surface area contributed by atoms with Gasteiger partial charge in [0.25, 0.3) is 0 Å². The lowest BCUT2D eigenvalue weighted by Gasteiger charge is -2.27. The summed E-state index contributed by atoms with van der Waals surface area (Å²) in [6.07, 6.45) is -0.208. The van der Waals surface area contributed by atoms with E-state index in [0.717, 1.165) is 0 Å². The van der Waals surface area contributed by atoms with Crippen molar-refractivity contribution in [3.8, 4) is 5.75 Å². The molecule has 0 atom stereocenters. The number of ether oxygens (including phenoxy) is 1. The van der Waals surface area contributed by atoms with Crippen LogP contribution in [0.3, 0.4) is 0 Å². The molecule has 3 nitrogen and oxygen atoms in total. The van der Waals surface area contributed by atoms with Crippen molar-refractivity contribution in [2.45, 2.75) is 32.6 Å². The minimum absolute atomic E-state index is 0.0261. The molecule has 1 N–H and O–H groups in total. The topological polar surface area (TPSA) is 46.5 Å². The van der Waals surface area contributed by atoms with Crippen LogP contribution in [0.4, 0.5) is 4.39 Å². The van der Waals surface area contributed by atoms with Crippen LogP contribution < -0.4 is 4.74 Å². The number of halogens is 2. The van der Waals surface area contributed by atoms with E-state index in [0.29, 0.717) is 11.3 Å². The third kappa shape index (κ3) is 2.75. The SMILES string of the molecule is COc1c(C)cc(Cl)c(F)c1C(C)(C)CC(=O)O. The summed E-state index contributed by atoms with van der Waals surface area (Å²) < 4.78 is 19.4. The van der Waals surface area contributed by atoms with Gasteiger partial charge in [0, 0.05) is 11.0 Å². The molecular weight excluding hydrogens is 259 g/mol. The van der Waals surface area contributed by atoms with Crippen molar-refractivity contribution in [2.24, 2.45) is 0 Å². The minimum Gasteiger partial charge on any atom is -0.496 e. The molecule has 0 aliphatic carbocycles. The van der Waals surface area contributed by atoms with E-state index in [1.54, 1.807) is 20.8 Å². The fourth-order valence-electron chi connectivity index (χ4n) is 2.07. The first-order chi connectivity index (χ1) is 8.20. The summed E-state index contributed by atoms with van der Waals surface area (Å²) in [6, 6.07) is 1.47. The zero-order valence-electron chi connectivity index (χ0n) is 10.8. The molecule has 0 saturated carbocycles. The lowest BCUT2D eigenvalue weighted by Crippen LogP contribution is -2.24. The Kier molecular flexibility index (Phi) is 4.22. The van der Waals surface area contributed by atoms with Gasteiger partial charge in [0.2, 0.25) is 0 Å².